The lowest BCUT2D eigenvalue weighted by Gasteiger charge is -2.28. The summed E-state index contributed by atoms with van der Waals surface area (Å²) in [6.07, 6.45) is -2.48. The predicted molar refractivity (Wildman–Crippen MR) is 74.6 cm³/mol. The van der Waals surface area contributed by atoms with Crippen molar-refractivity contribution in [2.45, 2.75) is 50.4 Å². The van der Waals surface area contributed by atoms with Crippen molar-refractivity contribution in [3.05, 3.63) is 12.2 Å². The standard InChI is InChI=1S/C13H20F4O6S/c1-9(2)23-11(18)10(3)8-22-7-5-4-6-12(14,15)13(16,17)24(19,20)21/h9H,3-8H2,1-2H3,(H,19,20,21)/p-1. The van der Waals surface area contributed by atoms with E-state index in [2.05, 4.69) is 6.58 Å². The fourth-order valence-electron chi connectivity index (χ4n) is 1.43. The Morgan fingerprint density at radius 1 is 1.21 bits per heavy atom. The Labute approximate surface area is 137 Å². The molecule has 0 N–H and O–H groups in total. The molecule has 11 heteroatoms. The topological polar surface area (TPSA) is 92.7 Å². The monoisotopic (exact) mass is 379 g/mol. The van der Waals surface area contributed by atoms with Crippen molar-refractivity contribution in [2.75, 3.05) is 13.2 Å². The van der Waals surface area contributed by atoms with Gasteiger partial charge in [-0.3, -0.25) is 0 Å². The molecule has 0 aromatic heterocycles. The second-order valence-electron chi connectivity index (χ2n) is 5.24. The maximum absolute atomic E-state index is 13.1. The number of ether oxygens (including phenoxy) is 2. The van der Waals surface area contributed by atoms with Gasteiger partial charge in [0.2, 0.25) is 0 Å². The van der Waals surface area contributed by atoms with Crippen molar-refractivity contribution < 1.29 is 44.8 Å². The molecule has 0 aliphatic heterocycles. The van der Waals surface area contributed by atoms with Crippen LogP contribution in [-0.2, 0) is 24.4 Å². The maximum Gasteiger partial charge on any atom is 0.396 e. The predicted octanol–water partition coefficient (Wildman–Crippen LogP) is 2.45. The third kappa shape index (κ3) is 6.73. The molecule has 0 aliphatic carbocycles. The molecule has 0 heterocycles. The Morgan fingerprint density at radius 2 is 1.75 bits per heavy atom. The normalized spacial score (nSPS) is 13.2. The van der Waals surface area contributed by atoms with Crippen molar-refractivity contribution in [1.29, 1.82) is 0 Å². The summed E-state index contributed by atoms with van der Waals surface area (Å²) in [5, 5.41) is -5.67. The van der Waals surface area contributed by atoms with Crippen LogP contribution in [0.4, 0.5) is 17.6 Å². The van der Waals surface area contributed by atoms with Gasteiger partial charge < -0.3 is 14.0 Å². The Hall–Kier alpha value is -1.20. The molecule has 0 aromatic rings. The zero-order valence-electron chi connectivity index (χ0n) is 13.2. The minimum Gasteiger partial charge on any atom is -0.743 e. The molecule has 0 amide bonds. The average molecular weight is 379 g/mol. The highest BCUT2D eigenvalue weighted by molar-refractivity contribution is 7.86. The first kappa shape index (κ1) is 22.8. The van der Waals surface area contributed by atoms with Gasteiger partial charge in [-0.25, -0.2) is 13.2 Å². The minimum atomic E-state index is -6.47. The van der Waals surface area contributed by atoms with Gasteiger partial charge in [0.25, 0.3) is 0 Å². The largest absolute Gasteiger partial charge is 0.743 e. The van der Waals surface area contributed by atoms with Gasteiger partial charge >= 0.3 is 17.1 Å². The van der Waals surface area contributed by atoms with E-state index in [1.165, 1.54) is 0 Å². The number of esters is 1. The zero-order valence-corrected chi connectivity index (χ0v) is 14.0. The number of alkyl halides is 4. The van der Waals surface area contributed by atoms with E-state index < -0.39 is 40.1 Å². The van der Waals surface area contributed by atoms with Crippen LogP contribution in [0.15, 0.2) is 12.2 Å². The first-order valence-electron chi connectivity index (χ1n) is 6.90. The maximum atomic E-state index is 13.1. The van der Waals surface area contributed by atoms with E-state index in [9.17, 15) is 35.3 Å². The quantitative estimate of drug-likeness (QED) is 0.180. The smallest absolute Gasteiger partial charge is 0.396 e. The molecule has 0 atom stereocenters. The van der Waals surface area contributed by atoms with E-state index in [1.807, 2.05) is 0 Å². The summed E-state index contributed by atoms with van der Waals surface area (Å²) in [5.41, 5.74) is -0.00184. The van der Waals surface area contributed by atoms with Crippen molar-refractivity contribution >= 4 is 16.1 Å². The first-order chi connectivity index (χ1) is 10.7. The SMILES string of the molecule is C=C(COCCCCC(F)(F)C(F)(F)S(=O)(=O)[O-])C(=O)OC(C)C. The molecule has 24 heavy (non-hydrogen) atoms. The van der Waals surface area contributed by atoms with Crippen LogP contribution in [-0.4, -0.2) is 49.4 Å². The lowest BCUT2D eigenvalue weighted by molar-refractivity contribution is -0.165. The van der Waals surface area contributed by atoms with Gasteiger partial charge in [-0.1, -0.05) is 6.58 Å². The highest BCUT2D eigenvalue weighted by atomic mass is 32.2. The highest BCUT2D eigenvalue weighted by Gasteiger charge is 2.60. The molecule has 0 bridgehead atoms. The summed E-state index contributed by atoms with van der Waals surface area (Å²) in [4.78, 5) is 11.3. The van der Waals surface area contributed by atoms with Crippen molar-refractivity contribution in [3.63, 3.8) is 0 Å². The van der Waals surface area contributed by atoms with Crippen LogP contribution >= 0.6 is 0 Å². The number of carbonyl (C=O) groups is 1. The van der Waals surface area contributed by atoms with Gasteiger partial charge in [0.05, 0.1) is 18.3 Å². The molecule has 0 aliphatic rings. The number of carbonyl (C=O) groups excluding carboxylic acids is 1. The average Bonchev–Trinajstić information content (AvgIpc) is 2.39. The number of unbranched alkanes of at least 4 members (excludes halogenated alkanes) is 1. The molecule has 142 valence electrons. The fourth-order valence-corrected chi connectivity index (χ4v) is 1.90. The van der Waals surface area contributed by atoms with Crippen LogP contribution in [0.3, 0.4) is 0 Å². The van der Waals surface area contributed by atoms with E-state index in [1.54, 1.807) is 13.8 Å². The van der Waals surface area contributed by atoms with E-state index in [0.29, 0.717) is 0 Å². The number of rotatable bonds is 11. The van der Waals surface area contributed by atoms with Crippen LogP contribution in [0.2, 0.25) is 0 Å². The first-order valence-corrected chi connectivity index (χ1v) is 8.30. The Bertz CT molecular complexity index is 545. The highest BCUT2D eigenvalue weighted by Crippen LogP contribution is 2.41. The molecule has 0 radical (unpaired) electrons. The van der Waals surface area contributed by atoms with Gasteiger partial charge in [-0.05, 0) is 26.7 Å². The Balaban J connectivity index is 4.15. The van der Waals surface area contributed by atoms with Gasteiger partial charge in [0.1, 0.15) is 0 Å². The number of hydrogen-bond donors (Lipinski definition) is 0. The molecule has 0 unspecified atom stereocenters. The van der Waals surface area contributed by atoms with E-state index in [4.69, 9.17) is 9.47 Å². The van der Waals surface area contributed by atoms with Crippen molar-refractivity contribution in [3.8, 4) is 0 Å². The summed E-state index contributed by atoms with van der Waals surface area (Å²) in [5.74, 6) is -5.66. The van der Waals surface area contributed by atoms with Crippen molar-refractivity contribution in [1.82, 2.24) is 0 Å². The molecular weight excluding hydrogens is 360 g/mol. The third-order valence-electron chi connectivity index (χ3n) is 2.68. The van der Waals surface area contributed by atoms with Gasteiger partial charge in [-0.15, -0.1) is 0 Å². The molecule has 0 rings (SSSR count). The van der Waals surface area contributed by atoms with Gasteiger partial charge in [-0.2, -0.15) is 17.6 Å². The molecule has 6 nitrogen and oxygen atoms in total. The lowest BCUT2D eigenvalue weighted by Crippen LogP contribution is -2.46. The summed E-state index contributed by atoms with van der Waals surface area (Å²) in [6.45, 7) is 6.28. The number of hydrogen-bond acceptors (Lipinski definition) is 6. The van der Waals surface area contributed by atoms with Crippen molar-refractivity contribution in [2.24, 2.45) is 0 Å². The molecule has 0 saturated heterocycles. The second-order valence-corrected chi connectivity index (χ2v) is 6.66. The van der Waals surface area contributed by atoms with Crippen LogP contribution in [0.5, 0.6) is 0 Å². The fraction of sp³-hybridized carbons (Fsp3) is 0.769. The summed E-state index contributed by atoms with van der Waals surface area (Å²) in [7, 11) is -6.47. The Kier molecular flexibility index (Phi) is 8.33. The summed E-state index contributed by atoms with van der Waals surface area (Å²) < 4.78 is 92.2. The number of halogens is 4. The molecule has 0 aromatic carbocycles. The third-order valence-corrected chi connectivity index (χ3v) is 3.60. The van der Waals surface area contributed by atoms with E-state index >= 15 is 0 Å². The minimum absolute atomic E-state index is 0.00184. The Morgan fingerprint density at radius 3 is 2.21 bits per heavy atom. The van der Waals surface area contributed by atoms with E-state index in [0.717, 1.165) is 0 Å². The van der Waals surface area contributed by atoms with Crippen LogP contribution in [0.25, 0.3) is 0 Å². The van der Waals surface area contributed by atoms with E-state index in [-0.39, 0.29) is 31.3 Å². The lowest BCUT2D eigenvalue weighted by atomic mass is 10.1. The molecule has 0 spiro atoms. The van der Waals surface area contributed by atoms with Gasteiger partial charge in [0, 0.05) is 13.0 Å². The van der Waals surface area contributed by atoms with Crippen LogP contribution in [0, 0.1) is 0 Å². The zero-order chi connectivity index (χ0) is 19.2. The molecule has 0 saturated carbocycles. The van der Waals surface area contributed by atoms with Crippen LogP contribution in [0.1, 0.15) is 33.1 Å². The molecule has 0 fully saturated rings. The summed E-state index contributed by atoms with van der Waals surface area (Å²) >= 11 is 0. The molecular formula is C13H19F4O6S-. The van der Waals surface area contributed by atoms with Crippen LogP contribution < -0.4 is 0 Å². The van der Waals surface area contributed by atoms with Gasteiger partial charge in [0.15, 0.2) is 10.1 Å². The summed E-state index contributed by atoms with van der Waals surface area (Å²) in [6, 6.07) is 0. The second kappa shape index (κ2) is 8.77.